The van der Waals surface area contributed by atoms with E-state index in [0.29, 0.717) is 5.02 Å². The van der Waals surface area contributed by atoms with Crippen molar-refractivity contribution in [1.29, 1.82) is 0 Å². The monoisotopic (exact) mass is 285 g/mol. The molecule has 0 atom stereocenters. The van der Waals surface area contributed by atoms with Gasteiger partial charge < -0.3 is 4.90 Å². The number of benzene rings is 2. The molecule has 2 aromatic rings. The molecule has 1 saturated heterocycles. The molecule has 1 aliphatic rings. The molecule has 4 heteroatoms. The molecule has 2 aromatic carbocycles. The first-order chi connectivity index (χ1) is 9.81. The molecule has 0 radical (unpaired) electrons. The third-order valence-electron chi connectivity index (χ3n) is 3.43. The van der Waals surface area contributed by atoms with Crippen molar-refractivity contribution < 1.29 is 0 Å². The summed E-state index contributed by atoms with van der Waals surface area (Å²) in [6.45, 7) is 2.32. The van der Waals surface area contributed by atoms with Crippen molar-refractivity contribution in [2.24, 2.45) is 10.2 Å². The Bertz CT molecular complexity index is 584. The van der Waals surface area contributed by atoms with Gasteiger partial charge in [-0.2, -0.15) is 10.2 Å². The summed E-state index contributed by atoms with van der Waals surface area (Å²) in [7, 11) is 0. The van der Waals surface area contributed by atoms with Gasteiger partial charge in [-0.1, -0.05) is 11.6 Å². The maximum absolute atomic E-state index is 5.83. The van der Waals surface area contributed by atoms with Crippen molar-refractivity contribution in [2.75, 3.05) is 18.0 Å². The van der Waals surface area contributed by atoms with Gasteiger partial charge in [0.2, 0.25) is 0 Å². The first kappa shape index (κ1) is 13.1. The van der Waals surface area contributed by atoms with Crippen molar-refractivity contribution in [3.63, 3.8) is 0 Å². The molecule has 102 valence electrons. The number of anilines is 1. The summed E-state index contributed by atoms with van der Waals surface area (Å²) in [6.07, 6.45) is 2.58. The van der Waals surface area contributed by atoms with E-state index in [9.17, 15) is 0 Å². The zero-order chi connectivity index (χ0) is 13.8. The molecular weight excluding hydrogens is 270 g/mol. The Morgan fingerprint density at radius 3 is 1.80 bits per heavy atom. The Labute approximate surface area is 123 Å². The molecule has 1 heterocycles. The van der Waals surface area contributed by atoms with E-state index in [0.717, 1.165) is 24.5 Å². The van der Waals surface area contributed by atoms with Crippen LogP contribution in [0.25, 0.3) is 0 Å². The van der Waals surface area contributed by atoms with Crippen molar-refractivity contribution in [3.8, 4) is 0 Å². The summed E-state index contributed by atoms with van der Waals surface area (Å²) >= 11 is 5.83. The number of halogens is 1. The van der Waals surface area contributed by atoms with Crippen LogP contribution < -0.4 is 4.90 Å². The highest BCUT2D eigenvalue weighted by atomic mass is 35.5. The standard InChI is InChI=1S/C16H16ClN3/c17-13-3-5-14(6-4-13)18-19-15-7-9-16(10-8-15)20-11-1-2-12-20/h3-10H,1-2,11-12H2. The minimum atomic E-state index is 0.707. The quantitative estimate of drug-likeness (QED) is 0.698. The summed E-state index contributed by atoms with van der Waals surface area (Å²) in [6, 6.07) is 15.6. The molecule has 0 saturated carbocycles. The van der Waals surface area contributed by atoms with Crippen LogP contribution in [0.4, 0.5) is 17.1 Å². The lowest BCUT2D eigenvalue weighted by Crippen LogP contribution is -2.17. The number of nitrogens with zero attached hydrogens (tertiary/aromatic N) is 3. The summed E-state index contributed by atoms with van der Waals surface area (Å²) in [4.78, 5) is 2.40. The average Bonchev–Trinajstić information content (AvgIpc) is 3.01. The fourth-order valence-electron chi connectivity index (χ4n) is 2.33. The van der Waals surface area contributed by atoms with Crippen molar-refractivity contribution in [1.82, 2.24) is 0 Å². The molecule has 0 N–H and O–H groups in total. The van der Waals surface area contributed by atoms with E-state index >= 15 is 0 Å². The molecule has 0 aliphatic carbocycles. The molecule has 0 unspecified atom stereocenters. The number of rotatable bonds is 3. The fraction of sp³-hybridized carbons (Fsp3) is 0.250. The number of hydrogen-bond donors (Lipinski definition) is 0. The van der Waals surface area contributed by atoms with Crippen LogP contribution in [0, 0.1) is 0 Å². The molecule has 3 rings (SSSR count). The normalized spacial score (nSPS) is 15.2. The van der Waals surface area contributed by atoms with Crippen LogP contribution in [-0.2, 0) is 0 Å². The second kappa shape index (κ2) is 6.06. The van der Waals surface area contributed by atoms with Crippen LogP contribution in [0.2, 0.25) is 5.02 Å². The minimum absolute atomic E-state index is 0.707. The molecular formula is C16H16ClN3. The predicted molar refractivity (Wildman–Crippen MR) is 83.5 cm³/mol. The van der Waals surface area contributed by atoms with Gasteiger partial charge in [0.15, 0.2) is 0 Å². The van der Waals surface area contributed by atoms with Gasteiger partial charge in [-0.05, 0) is 61.4 Å². The molecule has 20 heavy (non-hydrogen) atoms. The molecule has 0 aromatic heterocycles. The van der Waals surface area contributed by atoms with Crippen molar-refractivity contribution in [2.45, 2.75) is 12.8 Å². The van der Waals surface area contributed by atoms with Crippen LogP contribution in [0.15, 0.2) is 58.8 Å². The van der Waals surface area contributed by atoms with E-state index in [4.69, 9.17) is 11.6 Å². The van der Waals surface area contributed by atoms with Gasteiger partial charge in [0.05, 0.1) is 11.4 Å². The Morgan fingerprint density at radius 2 is 1.25 bits per heavy atom. The number of hydrogen-bond acceptors (Lipinski definition) is 3. The van der Waals surface area contributed by atoms with Crippen LogP contribution in [0.5, 0.6) is 0 Å². The highest BCUT2D eigenvalue weighted by molar-refractivity contribution is 6.30. The first-order valence-electron chi connectivity index (χ1n) is 6.83. The zero-order valence-corrected chi connectivity index (χ0v) is 11.9. The smallest absolute Gasteiger partial charge is 0.0858 e. The van der Waals surface area contributed by atoms with Crippen molar-refractivity contribution in [3.05, 3.63) is 53.6 Å². The number of azo groups is 1. The van der Waals surface area contributed by atoms with Crippen LogP contribution in [0.3, 0.4) is 0 Å². The SMILES string of the molecule is Clc1ccc(N=Nc2ccc(N3CCCC3)cc2)cc1. The van der Waals surface area contributed by atoms with Gasteiger partial charge in [-0.25, -0.2) is 0 Å². The topological polar surface area (TPSA) is 28.0 Å². The Balaban J connectivity index is 1.69. The van der Waals surface area contributed by atoms with Gasteiger partial charge >= 0.3 is 0 Å². The Kier molecular flexibility index (Phi) is 3.97. The zero-order valence-electron chi connectivity index (χ0n) is 11.2. The van der Waals surface area contributed by atoms with Gasteiger partial charge in [0, 0.05) is 23.8 Å². The highest BCUT2D eigenvalue weighted by Gasteiger charge is 2.11. The van der Waals surface area contributed by atoms with E-state index in [1.54, 1.807) is 0 Å². The van der Waals surface area contributed by atoms with Crippen LogP contribution in [0.1, 0.15) is 12.8 Å². The van der Waals surface area contributed by atoms with Gasteiger partial charge in [0.1, 0.15) is 0 Å². The van der Waals surface area contributed by atoms with Crippen molar-refractivity contribution >= 4 is 28.7 Å². The molecule has 0 amide bonds. The van der Waals surface area contributed by atoms with Gasteiger partial charge in [-0.15, -0.1) is 0 Å². The fourth-order valence-corrected chi connectivity index (χ4v) is 2.45. The molecule has 1 aliphatic heterocycles. The maximum atomic E-state index is 5.83. The second-order valence-electron chi connectivity index (χ2n) is 4.89. The molecule has 3 nitrogen and oxygen atoms in total. The third-order valence-corrected chi connectivity index (χ3v) is 3.68. The maximum Gasteiger partial charge on any atom is 0.0858 e. The van der Waals surface area contributed by atoms with Gasteiger partial charge in [0.25, 0.3) is 0 Å². The van der Waals surface area contributed by atoms with E-state index in [1.165, 1.54) is 18.5 Å². The Morgan fingerprint density at radius 1 is 0.750 bits per heavy atom. The van der Waals surface area contributed by atoms with E-state index in [-0.39, 0.29) is 0 Å². The largest absolute Gasteiger partial charge is 0.372 e. The minimum Gasteiger partial charge on any atom is -0.372 e. The highest BCUT2D eigenvalue weighted by Crippen LogP contribution is 2.25. The lowest BCUT2D eigenvalue weighted by atomic mass is 10.2. The van der Waals surface area contributed by atoms with Crippen LogP contribution >= 0.6 is 11.6 Å². The lowest BCUT2D eigenvalue weighted by molar-refractivity contribution is 0.949. The molecule has 0 bridgehead atoms. The van der Waals surface area contributed by atoms with E-state index in [1.807, 2.05) is 36.4 Å². The van der Waals surface area contributed by atoms with Gasteiger partial charge in [-0.3, -0.25) is 0 Å². The first-order valence-corrected chi connectivity index (χ1v) is 7.21. The summed E-state index contributed by atoms with van der Waals surface area (Å²) < 4.78 is 0. The third kappa shape index (κ3) is 3.17. The predicted octanol–water partition coefficient (Wildman–Crippen LogP) is 5.36. The van der Waals surface area contributed by atoms with Crippen LogP contribution in [-0.4, -0.2) is 13.1 Å². The van der Waals surface area contributed by atoms with E-state index < -0.39 is 0 Å². The lowest BCUT2D eigenvalue weighted by Gasteiger charge is -2.17. The summed E-state index contributed by atoms with van der Waals surface area (Å²) in [5.41, 5.74) is 2.94. The summed E-state index contributed by atoms with van der Waals surface area (Å²) in [5, 5.41) is 9.14. The Hall–Kier alpha value is -1.87. The molecule has 0 spiro atoms. The second-order valence-corrected chi connectivity index (χ2v) is 5.32. The summed E-state index contributed by atoms with van der Waals surface area (Å²) in [5.74, 6) is 0. The van der Waals surface area contributed by atoms with E-state index in [2.05, 4.69) is 27.3 Å². The average molecular weight is 286 g/mol. The molecule has 1 fully saturated rings.